The number of fused-ring (bicyclic) bond motifs is 1. The van der Waals surface area contributed by atoms with Crippen molar-refractivity contribution in [3.05, 3.63) is 82.7 Å². The molecular formula is C40H48N8O9. The zero-order chi connectivity index (χ0) is 41.8. The van der Waals surface area contributed by atoms with E-state index in [0.717, 1.165) is 0 Å². The number of amides is 6. The van der Waals surface area contributed by atoms with Crippen LogP contribution in [0.15, 0.2) is 54.6 Å². The largest absolute Gasteiger partial charge is 0.508 e. The van der Waals surface area contributed by atoms with Gasteiger partial charge < -0.3 is 35.4 Å². The van der Waals surface area contributed by atoms with Crippen LogP contribution in [0.3, 0.4) is 0 Å². The van der Waals surface area contributed by atoms with Gasteiger partial charge in [-0.25, -0.2) is 0 Å². The van der Waals surface area contributed by atoms with E-state index in [9.17, 15) is 39.0 Å². The highest BCUT2D eigenvalue weighted by Crippen LogP contribution is 2.38. The minimum Gasteiger partial charge on any atom is -0.508 e. The predicted molar refractivity (Wildman–Crippen MR) is 210 cm³/mol. The molecule has 1 aliphatic rings. The Morgan fingerprint density at radius 2 is 1.70 bits per heavy atom. The number of anilines is 1. The van der Waals surface area contributed by atoms with Crippen molar-refractivity contribution in [2.45, 2.75) is 59.0 Å². The minimum absolute atomic E-state index is 0.0195. The number of aromatic nitrogens is 3. The van der Waals surface area contributed by atoms with E-state index in [1.165, 1.54) is 15.5 Å². The Hall–Kier alpha value is -6.62. The third-order valence-corrected chi connectivity index (χ3v) is 9.21. The van der Waals surface area contributed by atoms with E-state index in [4.69, 9.17) is 4.74 Å². The number of nitrogens with one attached hydrogen (secondary N) is 3. The molecule has 17 nitrogen and oxygen atoms in total. The molecule has 3 aromatic carbocycles. The fourth-order valence-corrected chi connectivity index (χ4v) is 6.29. The number of rotatable bonds is 16. The van der Waals surface area contributed by atoms with Gasteiger partial charge in [-0.3, -0.25) is 38.7 Å². The number of likely N-dealkylation sites (N-methyl/N-ethyl adjacent to an activating group) is 1. The Kier molecular flexibility index (Phi) is 15.0. The summed E-state index contributed by atoms with van der Waals surface area (Å²) in [6.45, 7) is 9.02. The average Bonchev–Trinajstić information content (AvgIpc) is 3.78. The highest BCUT2D eigenvalue weighted by Gasteiger charge is 2.37. The number of aromatic hydroxyl groups is 2. The van der Waals surface area contributed by atoms with E-state index in [1.54, 1.807) is 74.5 Å². The van der Waals surface area contributed by atoms with Crippen molar-refractivity contribution in [2.75, 3.05) is 39.2 Å². The molecule has 0 spiro atoms. The second kappa shape index (κ2) is 19.8. The summed E-state index contributed by atoms with van der Waals surface area (Å²) >= 11 is 0. The van der Waals surface area contributed by atoms with Gasteiger partial charge in [-0.1, -0.05) is 33.3 Å². The van der Waals surface area contributed by atoms with Crippen LogP contribution in [-0.4, -0.2) is 111 Å². The molecule has 302 valence electrons. The van der Waals surface area contributed by atoms with Crippen LogP contribution in [-0.2, 0) is 25.7 Å². The van der Waals surface area contributed by atoms with Crippen molar-refractivity contribution >= 4 is 42.1 Å². The van der Waals surface area contributed by atoms with E-state index in [0.29, 0.717) is 84.6 Å². The lowest BCUT2D eigenvalue weighted by Crippen LogP contribution is -2.46. The topological polar surface area (TPSA) is 225 Å². The average molecular weight is 785 g/mol. The van der Waals surface area contributed by atoms with Crippen LogP contribution in [0, 0.1) is 0 Å². The number of phenols is 2. The number of nitrogens with zero attached hydrogens (tertiary/aromatic N) is 5. The first-order valence-electron chi connectivity index (χ1n) is 18.3. The molecule has 0 saturated carbocycles. The lowest BCUT2D eigenvalue weighted by molar-refractivity contribution is -0.129. The van der Waals surface area contributed by atoms with Crippen molar-refractivity contribution in [3.8, 4) is 28.6 Å². The Balaban J connectivity index is 0.000000281. The zero-order valence-corrected chi connectivity index (χ0v) is 32.7. The Labute approximate surface area is 330 Å². The molecule has 0 bridgehead atoms. The summed E-state index contributed by atoms with van der Waals surface area (Å²) in [7, 11) is 3.27. The Morgan fingerprint density at radius 1 is 0.982 bits per heavy atom. The lowest BCUT2D eigenvalue weighted by Gasteiger charge is -2.25. The number of carbonyl (C=O) groups excluding carboxylic acids is 6. The summed E-state index contributed by atoms with van der Waals surface area (Å²) in [4.78, 5) is 74.1. The van der Waals surface area contributed by atoms with E-state index >= 15 is 0 Å². The van der Waals surface area contributed by atoms with E-state index < -0.39 is 17.9 Å². The maximum absolute atomic E-state index is 12.8. The second-order valence-electron chi connectivity index (χ2n) is 13.3. The number of ether oxygens (including phenoxy) is 1. The van der Waals surface area contributed by atoms with Crippen molar-refractivity contribution < 1.29 is 43.7 Å². The molecule has 1 aliphatic heterocycles. The van der Waals surface area contributed by atoms with Gasteiger partial charge >= 0.3 is 0 Å². The SMILES string of the molecule is CCCC(C(=O)NC=O)N1Cc2c(NC=O)cccc2C1=O.CCNC(=O)c1nnc(-c2cc(C(C)C)c(O)cc2O)n1-c1ccc(C(=O)N(C)CCOC)cc1. The number of phenolic OH excluding ortho intramolecular Hbond substituents is 2. The molecule has 0 aliphatic carbocycles. The lowest BCUT2D eigenvalue weighted by atomic mass is 9.98. The molecule has 0 saturated heterocycles. The number of methoxy groups -OCH3 is 1. The molecule has 0 radical (unpaired) electrons. The van der Waals surface area contributed by atoms with Crippen molar-refractivity contribution in [1.82, 2.24) is 35.2 Å². The molecule has 6 amide bonds. The van der Waals surface area contributed by atoms with Crippen LogP contribution in [0.2, 0.25) is 0 Å². The minimum atomic E-state index is -0.709. The number of hydrogen-bond acceptors (Lipinski definition) is 11. The fraction of sp³-hybridized carbons (Fsp3) is 0.350. The standard InChI is InChI=1S/C25H31N5O5.C15H17N3O4/c1-6-26-24(33)23-28-27-22(19-13-18(15(2)3)20(31)14-21(19)32)30(23)17-9-7-16(8-10-17)25(34)29(4)11-12-35-5;1-2-4-13(14(21)17-9-20)18-7-11-10(15(18)22)5-3-6-12(11)16-8-19/h7-10,13-15,31-32H,6,11-12H2,1-5H3,(H,26,33);3,5-6,8-9,13H,2,4,7H2,1H3,(H,16,19)(H,17,20,21). The highest BCUT2D eigenvalue weighted by atomic mass is 16.5. The molecule has 2 heterocycles. The highest BCUT2D eigenvalue weighted by molar-refractivity contribution is 6.04. The van der Waals surface area contributed by atoms with Gasteiger partial charge in [-0.2, -0.15) is 0 Å². The van der Waals surface area contributed by atoms with Crippen LogP contribution in [0.25, 0.3) is 17.1 Å². The molecule has 4 aromatic rings. The zero-order valence-electron chi connectivity index (χ0n) is 32.7. The molecule has 1 aromatic heterocycles. The third kappa shape index (κ3) is 9.80. The summed E-state index contributed by atoms with van der Waals surface area (Å²) in [6, 6.07) is 13.9. The molecule has 5 rings (SSSR count). The molecule has 5 N–H and O–H groups in total. The maximum atomic E-state index is 12.8. The van der Waals surface area contributed by atoms with Crippen molar-refractivity contribution in [2.24, 2.45) is 0 Å². The van der Waals surface area contributed by atoms with Gasteiger partial charge in [0, 0.05) is 67.9 Å². The van der Waals surface area contributed by atoms with Gasteiger partial charge in [0.25, 0.3) is 17.7 Å². The predicted octanol–water partition coefficient (Wildman–Crippen LogP) is 3.59. The van der Waals surface area contributed by atoms with E-state index in [2.05, 4.69) is 26.1 Å². The summed E-state index contributed by atoms with van der Waals surface area (Å²) in [6.07, 6.45) is 2.01. The van der Waals surface area contributed by atoms with Crippen molar-refractivity contribution in [3.63, 3.8) is 0 Å². The number of carbonyl (C=O) groups is 6. The molecule has 1 atom stereocenters. The smallest absolute Gasteiger partial charge is 0.289 e. The Bertz CT molecular complexity index is 2100. The van der Waals surface area contributed by atoms with E-state index in [1.807, 2.05) is 20.8 Å². The molecular weight excluding hydrogens is 736 g/mol. The molecule has 57 heavy (non-hydrogen) atoms. The normalized spacial score (nSPS) is 12.3. The van der Waals surface area contributed by atoms with Gasteiger partial charge in [0.15, 0.2) is 5.82 Å². The van der Waals surface area contributed by atoms with Gasteiger partial charge in [0.2, 0.25) is 24.6 Å². The summed E-state index contributed by atoms with van der Waals surface area (Å²) in [5.74, 6) is -1.38. The summed E-state index contributed by atoms with van der Waals surface area (Å²) < 4.78 is 6.55. The van der Waals surface area contributed by atoms with Crippen LogP contribution >= 0.6 is 0 Å². The van der Waals surface area contributed by atoms with Crippen molar-refractivity contribution in [1.29, 1.82) is 0 Å². The summed E-state index contributed by atoms with van der Waals surface area (Å²) in [5.41, 5.74) is 3.62. The van der Waals surface area contributed by atoms with E-state index in [-0.39, 0.29) is 47.4 Å². The first kappa shape index (κ1) is 43.1. The van der Waals surface area contributed by atoms with Crippen LogP contribution < -0.4 is 16.0 Å². The first-order chi connectivity index (χ1) is 27.3. The number of imide groups is 1. The van der Waals surface area contributed by atoms with Gasteiger partial charge in [-0.15, -0.1) is 10.2 Å². The third-order valence-electron chi connectivity index (χ3n) is 9.21. The first-order valence-corrected chi connectivity index (χ1v) is 18.3. The maximum Gasteiger partial charge on any atom is 0.289 e. The number of benzene rings is 3. The molecule has 1 unspecified atom stereocenters. The van der Waals surface area contributed by atoms with Crippen LogP contribution in [0.4, 0.5) is 5.69 Å². The summed E-state index contributed by atoms with van der Waals surface area (Å²) in [5, 5.41) is 36.5. The molecule has 0 fully saturated rings. The second-order valence-corrected chi connectivity index (χ2v) is 13.3. The Morgan fingerprint density at radius 3 is 2.32 bits per heavy atom. The van der Waals surface area contributed by atoms with Gasteiger partial charge in [-0.05, 0) is 67.3 Å². The fourth-order valence-electron chi connectivity index (χ4n) is 6.29. The quantitative estimate of drug-likeness (QED) is 0.103. The van der Waals surface area contributed by atoms with Crippen LogP contribution in [0.1, 0.15) is 88.9 Å². The van der Waals surface area contributed by atoms with Crippen LogP contribution in [0.5, 0.6) is 11.5 Å². The number of hydrogen-bond donors (Lipinski definition) is 5. The monoisotopic (exact) mass is 784 g/mol. The van der Waals surface area contributed by atoms with Gasteiger partial charge in [0.05, 0.1) is 12.2 Å². The molecule has 17 heteroatoms. The van der Waals surface area contributed by atoms with Gasteiger partial charge in [0.1, 0.15) is 17.5 Å².